The minimum absolute atomic E-state index is 0.0184. The molecule has 0 heterocycles. The van der Waals surface area contributed by atoms with Crippen molar-refractivity contribution in [3.05, 3.63) is 65.5 Å². The molecule has 2 aromatic carbocycles. The molecule has 2 amide bonds. The van der Waals surface area contributed by atoms with E-state index in [9.17, 15) is 14.0 Å². The highest BCUT2D eigenvalue weighted by Crippen LogP contribution is 2.22. The zero-order valence-corrected chi connectivity index (χ0v) is 16.7. The van der Waals surface area contributed by atoms with Crippen LogP contribution in [0.3, 0.4) is 0 Å². The van der Waals surface area contributed by atoms with E-state index in [4.69, 9.17) is 4.74 Å². The molecule has 0 spiro atoms. The summed E-state index contributed by atoms with van der Waals surface area (Å²) < 4.78 is 18.8. The lowest BCUT2D eigenvalue weighted by molar-refractivity contribution is -0.132. The summed E-state index contributed by atoms with van der Waals surface area (Å²) in [5, 5.41) is 0. The highest BCUT2D eigenvalue weighted by Gasteiger charge is 2.17. The predicted molar refractivity (Wildman–Crippen MR) is 106 cm³/mol. The van der Waals surface area contributed by atoms with Gasteiger partial charge in [-0.1, -0.05) is 57.2 Å². The van der Waals surface area contributed by atoms with Crippen LogP contribution in [0.5, 0.6) is 5.75 Å². The van der Waals surface area contributed by atoms with Crippen LogP contribution in [0.15, 0.2) is 48.5 Å². The van der Waals surface area contributed by atoms with Crippen molar-refractivity contribution < 1.29 is 18.7 Å². The quantitative estimate of drug-likeness (QED) is 0.745. The van der Waals surface area contributed by atoms with Crippen LogP contribution in [0.4, 0.5) is 4.39 Å². The number of amides is 2. The van der Waals surface area contributed by atoms with Gasteiger partial charge in [0.05, 0.1) is 0 Å². The van der Waals surface area contributed by atoms with Crippen LogP contribution in [0, 0.1) is 5.82 Å². The van der Waals surface area contributed by atoms with E-state index >= 15 is 0 Å². The van der Waals surface area contributed by atoms with Gasteiger partial charge < -0.3 is 4.74 Å². The molecule has 0 fully saturated rings. The number of halogens is 1. The molecule has 0 bridgehead atoms. The minimum Gasteiger partial charge on any atom is -0.478 e. The first-order valence-electron chi connectivity index (χ1n) is 9.26. The molecule has 0 aliphatic heterocycles. The van der Waals surface area contributed by atoms with Gasteiger partial charge in [0, 0.05) is 6.42 Å². The average molecular weight is 386 g/mol. The fourth-order valence-corrected chi connectivity index (χ4v) is 2.51. The Balaban J connectivity index is 1.75. The first kappa shape index (κ1) is 21.4. The SMILES string of the molecule is C[C@H](Oc1ccccc1F)C(=O)NNC(=O)CCc1ccc(C(C)(C)C)cc1. The highest BCUT2D eigenvalue weighted by atomic mass is 19.1. The molecule has 150 valence electrons. The first-order valence-corrected chi connectivity index (χ1v) is 9.26. The van der Waals surface area contributed by atoms with Crippen molar-refractivity contribution >= 4 is 11.8 Å². The molecule has 0 radical (unpaired) electrons. The van der Waals surface area contributed by atoms with Crippen molar-refractivity contribution in [3.63, 3.8) is 0 Å². The number of hydrogen-bond acceptors (Lipinski definition) is 3. The molecule has 6 heteroatoms. The van der Waals surface area contributed by atoms with Gasteiger partial charge in [0.25, 0.3) is 5.91 Å². The Morgan fingerprint density at radius 2 is 1.68 bits per heavy atom. The monoisotopic (exact) mass is 386 g/mol. The smallest absolute Gasteiger partial charge is 0.279 e. The van der Waals surface area contributed by atoms with E-state index in [1.165, 1.54) is 30.7 Å². The minimum atomic E-state index is -0.956. The van der Waals surface area contributed by atoms with E-state index in [1.807, 2.05) is 12.1 Å². The molecular weight excluding hydrogens is 359 g/mol. The summed E-state index contributed by atoms with van der Waals surface area (Å²) in [6.45, 7) is 7.92. The molecule has 1 atom stereocenters. The summed E-state index contributed by atoms with van der Waals surface area (Å²) in [5.41, 5.74) is 7.02. The Bertz CT molecular complexity index is 813. The van der Waals surface area contributed by atoms with Gasteiger partial charge in [-0.2, -0.15) is 0 Å². The van der Waals surface area contributed by atoms with Crippen molar-refractivity contribution in [1.82, 2.24) is 10.9 Å². The lowest BCUT2D eigenvalue weighted by atomic mass is 9.86. The second-order valence-corrected chi connectivity index (χ2v) is 7.67. The molecule has 0 saturated carbocycles. The number of hydrogen-bond donors (Lipinski definition) is 2. The molecule has 2 aromatic rings. The number of para-hydroxylation sites is 1. The fraction of sp³-hybridized carbons (Fsp3) is 0.364. The number of aryl methyl sites for hydroxylation is 1. The first-order chi connectivity index (χ1) is 13.2. The van der Waals surface area contributed by atoms with Gasteiger partial charge in [0.2, 0.25) is 5.91 Å². The van der Waals surface area contributed by atoms with Crippen molar-refractivity contribution in [2.24, 2.45) is 0 Å². The van der Waals surface area contributed by atoms with E-state index in [-0.39, 0.29) is 23.5 Å². The van der Waals surface area contributed by atoms with Gasteiger partial charge in [0.1, 0.15) is 0 Å². The van der Waals surface area contributed by atoms with Crippen LogP contribution >= 0.6 is 0 Å². The van der Waals surface area contributed by atoms with Crippen molar-refractivity contribution in [1.29, 1.82) is 0 Å². The molecule has 2 rings (SSSR count). The summed E-state index contributed by atoms with van der Waals surface area (Å²) in [4.78, 5) is 24.0. The lowest BCUT2D eigenvalue weighted by Crippen LogP contribution is -2.47. The van der Waals surface area contributed by atoms with Crippen LogP contribution in [0.25, 0.3) is 0 Å². The summed E-state index contributed by atoms with van der Waals surface area (Å²) in [7, 11) is 0. The average Bonchev–Trinajstić information content (AvgIpc) is 2.65. The van der Waals surface area contributed by atoms with Crippen molar-refractivity contribution in [2.75, 3.05) is 0 Å². The van der Waals surface area contributed by atoms with Crippen LogP contribution in [0.2, 0.25) is 0 Å². The molecule has 0 unspecified atom stereocenters. The summed E-state index contributed by atoms with van der Waals surface area (Å²) in [6.07, 6.45) is -0.160. The maximum atomic E-state index is 13.6. The zero-order chi connectivity index (χ0) is 20.7. The summed E-state index contributed by atoms with van der Waals surface area (Å²) in [6, 6.07) is 14.0. The molecule has 2 N–H and O–H groups in total. The Morgan fingerprint density at radius 3 is 2.29 bits per heavy atom. The maximum Gasteiger partial charge on any atom is 0.279 e. The molecule has 28 heavy (non-hydrogen) atoms. The molecular formula is C22H27FN2O3. The number of carbonyl (C=O) groups excluding carboxylic acids is 2. The van der Waals surface area contributed by atoms with Crippen LogP contribution < -0.4 is 15.6 Å². The van der Waals surface area contributed by atoms with Crippen LogP contribution in [-0.2, 0) is 21.4 Å². The van der Waals surface area contributed by atoms with Crippen LogP contribution in [0.1, 0.15) is 45.2 Å². The maximum absolute atomic E-state index is 13.6. The molecule has 0 saturated heterocycles. The Labute approximate surface area is 165 Å². The Hall–Kier alpha value is -2.89. The second-order valence-electron chi connectivity index (χ2n) is 7.67. The molecule has 0 aromatic heterocycles. The largest absolute Gasteiger partial charge is 0.478 e. The van der Waals surface area contributed by atoms with Gasteiger partial charge in [0.15, 0.2) is 17.7 Å². The number of hydrazine groups is 1. The number of ether oxygens (including phenoxy) is 1. The van der Waals surface area contributed by atoms with Crippen molar-refractivity contribution in [2.45, 2.75) is 52.1 Å². The van der Waals surface area contributed by atoms with Crippen molar-refractivity contribution in [3.8, 4) is 5.75 Å². The zero-order valence-electron chi connectivity index (χ0n) is 16.7. The molecule has 5 nitrogen and oxygen atoms in total. The second kappa shape index (κ2) is 9.35. The van der Waals surface area contributed by atoms with Gasteiger partial charge >= 0.3 is 0 Å². The Morgan fingerprint density at radius 1 is 1.04 bits per heavy atom. The third kappa shape index (κ3) is 6.37. The molecule has 0 aliphatic carbocycles. The standard InChI is InChI=1S/C22H27FN2O3/c1-15(28-19-8-6-5-7-18(19)23)21(27)25-24-20(26)14-11-16-9-12-17(13-10-16)22(2,3)4/h5-10,12-13,15H,11,14H2,1-4H3,(H,24,26)(H,25,27)/t15-/m0/s1. The third-order valence-electron chi connectivity index (χ3n) is 4.30. The number of benzene rings is 2. The number of nitrogens with one attached hydrogen (secondary N) is 2. The van der Waals surface area contributed by atoms with Gasteiger partial charge in [-0.25, -0.2) is 4.39 Å². The predicted octanol–water partition coefficient (Wildman–Crippen LogP) is 3.67. The van der Waals surface area contributed by atoms with Crippen LogP contribution in [-0.4, -0.2) is 17.9 Å². The third-order valence-corrected chi connectivity index (χ3v) is 4.30. The van der Waals surface area contributed by atoms with E-state index < -0.39 is 17.8 Å². The lowest BCUT2D eigenvalue weighted by Gasteiger charge is -2.19. The number of carbonyl (C=O) groups is 2. The number of rotatable bonds is 6. The van der Waals surface area contributed by atoms with E-state index in [0.29, 0.717) is 6.42 Å². The van der Waals surface area contributed by atoms with E-state index in [2.05, 4.69) is 43.8 Å². The van der Waals surface area contributed by atoms with E-state index in [1.54, 1.807) is 6.07 Å². The topological polar surface area (TPSA) is 67.4 Å². The van der Waals surface area contributed by atoms with Gasteiger partial charge in [-0.3, -0.25) is 20.4 Å². The fourth-order valence-electron chi connectivity index (χ4n) is 2.51. The highest BCUT2D eigenvalue weighted by molar-refractivity contribution is 5.84. The van der Waals surface area contributed by atoms with E-state index in [0.717, 1.165) is 5.56 Å². The molecule has 0 aliphatic rings. The van der Waals surface area contributed by atoms with Gasteiger partial charge in [-0.15, -0.1) is 0 Å². The summed E-state index contributed by atoms with van der Waals surface area (Å²) >= 11 is 0. The van der Waals surface area contributed by atoms with Gasteiger partial charge in [-0.05, 0) is 42.0 Å². The normalized spacial score (nSPS) is 12.2. The Kier molecular flexibility index (Phi) is 7.15. The summed E-state index contributed by atoms with van der Waals surface area (Å²) in [5.74, 6) is -1.45.